The molecule has 0 aliphatic rings. The van der Waals surface area contributed by atoms with Crippen LogP contribution in [-0.4, -0.2) is 50.4 Å². The van der Waals surface area contributed by atoms with Gasteiger partial charge < -0.3 is 20.7 Å². The van der Waals surface area contributed by atoms with E-state index in [9.17, 15) is 4.79 Å². The molecule has 0 aliphatic carbocycles. The van der Waals surface area contributed by atoms with Gasteiger partial charge in [-0.25, -0.2) is 4.79 Å². The highest BCUT2D eigenvalue weighted by atomic mass is 32.2. The first-order chi connectivity index (χ1) is 9.96. The summed E-state index contributed by atoms with van der Waals surface area (Å²) in [6.07, 6.45) is 3.08. The summed E-state index contributed by atoms with van der Waals surface area (Å²) in [4.78, 5) is 15.4. The monoisotopic (exact) mass is 331 g/mol. The summed E-state index contributed by atoms with van der Waals surface area (Å²) in [5.74, 6) is -0.377. The predicted molar refractivity (Wildman–Crippen MR) is 92.7 cm³/mol. The van der Waals surface area contributed by atoms with Crippen LogP contribution >= 0.6 is 23.1 Å². The van der Waals surface area contributed by atoms with Gasteiger partial charge in [-0.2, -0.15) is 0 Å². The molecule has 0 aromatic carbocycles. The second-order valence-corrected chi connectivity index (χ2v) is 6.70. The quantitative estimate of drug-likeness (QED) is 0.564. The van der Waals surface area contributed by atoms with Gasteiger partial charge in [0.1, 0.15) is 9.88 Å². The van der Waals surface area contributed by atoms with Crippen molar-refractivity contribution in [3.8, 4) is 0 Å². The molecule has 1 aromatic rings. The molecule has 0 amide bonds. The largest absolute Gasteiger partial charge is 0.465 e. The summed E-state index contributed by atoms with van der Waals surface area (Å²) in [6.45, 7) is 6.15. The lowest BCUT2D eigenvalue weighted by Crippen LogP contribution is -2.32. The van der Waals surface area contributed by atoms with Crippen LogP contribution in [-0.2, 0) is 4.74 Å². The van der Waals surface area contributed by atoms with E-state index >= 15 is 0 Å². The van der Waals surface area contributed by atoms with Crippen molar-refractivity contribution in [2.24, 2.45) is 0 Å². The summed E-state index contributed by atoms with van der Waals surface area (Å²) >= 11 is 2.90. The van der Waals surface area contributed by atoms with Crippen LogP contribution in [0, 0.1) is 0 Å². The van der Waals surface area contributed by atoms with E-state index in [-0.39, 0.29) is 5.97 Å². The Hall–Kier alpha value is -0.920. The third-order valence-corrected chi connectivity index (χ3v) is 5.67. The van der Waals surface area contributed by atoms with Gasteiger partial charge in [-0.05, 0) is 26.6 Å². The average molecular weight is 332 g/mol. The van der Waals surface area contributed by atoms with E-state index in [1.807, 2.05) is 6.26 Å². The Balaban J connectivity index is 2.73. The number of nitrogens with zero attached hydrogens (tertiary/aromatic N) is 1. The standard InChI is InChI=1S/C14H25N3O2S2/c1-6-9(2)17(3)8-7-16-13-11(20-5)10(15)12(21-13)14(18)19-4/h9,16H,6-8,15H2,1-5H3. The second kappa shape index (κ2) is 8.51. The van der Waals surface area contributed by atoms with Gasteiger partial charge in [0.25, 0.3) is 0 Å². The highest BCUT2D eigenvalue weighted by Gasteiger charge is 2.21. The maximum absolute atomic E-state index is 11.7. The van der Waals surface area contributed by atoms with E-state index < -0.39 is 0 Å². The Morgan fingerprint density at radius 3 is 2.76 bits per heavy atom. The number of nitrogen functional groups attached to an aromatic ring is 1. The smallest absolute Gasteiger partial charge is 0.350 e. The first kappa shape index (κ1) is 18.1. The SMILES string of the molecule is CCC(C)N(C)CCNc1sc(C(=O)OC)c(N)c1SC. The molecule has 0 saturated carbocycles. The van der Waals surface area contributed by atoms with Crippen LogP contribution in [0.1, 0.15) is 29.9 Å². The number of nitrogens with two attached hydrogens (primary N) is 1. The zero-order chi connectivity index (χ0) is 16.0. The minimum absolute atomic E-state index is 0.377. The van der Waals surface area contributed by atoms with Crippen molar-refractivity contribution >= 4 is 39.8 Å². The zero-order valence-corrected chi connectivity index (χ0v) is 15.0. The summed E-state index contributed by atoms with van der Waals surface area (Å²) in [7, 11) is 3.49. The normalized spacial score (nSPS) is 12.5. The molecule has 0 aliphatic heterocycles. The Morgan fingerprint density at radius 1 is 1.57 bits per heavy atom. The Bertz CT molecular complexity index is 477. The molecule has 1 unspecified atom stereocenters. The molecule has 0 fully saturated rings. The topological polar surface area (TPSA) is 67.6 Å². The number of thiophene rings is 1. The molecule has 7 heteroatoms. The molecular formula is C14H25N3O2S2. The molecule has 1 heterocycles. The third-order valence-electron chi connectivity index (χ3n) is 3.57. The lowest BCUT2D eigenvalue weighted by atomic mass is 10.2. The molecule has 0 spiro atoms. The number of thioether (sulfide) groups is 1. The number of esters is 1. The first-order valence-corrected chi connectivity index (χ1v) is 8.98. The number of anilines is 2. The Morgan fingerprint density at radius 2 is 2.24 bits per heavy atom. The number of hydrogen-bond acceptors (Lipinski definition) is 7. The number of carbonyl (C=O) groups excluding carboxylic acids is 1. The Kier molecular flexibility index (Phi) is 7.34. The number of hydrogen-bond donors (Lipinski definition) is 2. The average Bonchev–Trinajstić information content (AvgIpc) is 2.81. The molecule has 5 nitrogen and oxygen atoms in total. The molecule has 21 heavy (non-hydrogen) atoms. The Labute approximate surface area is 135 Å². The van der Waals surface area contributed by atoms with E-state index in [0.29, 0.717) is 16.6 Å². The van der Waals surface area contributed by atoms with Gasteiger partial charge in [0.05, 0.1) is 17.7 Å². The maximum atomic E-state index is 11.7. The predicted octanol–water partition coefficient (Wildman–Crippen LogP) is 2.98. The van der Waals surface area contributed by atoms with Crippen LogP contribution in [0.15, 0.2) is 4.90 Å². The van der Waals surface area contributed by atoms with Crippen LogP contribution in [0.25, 0.3) is 0 Å². The fraction of sp³-hybridized carbons (Fsp3) is 0.643. The van der Waals surface area contributed by atoms with Gasteiger partial charge in [-0.3, -0.25) is 0 Å². The van der Waals surface area contributed by atoms with Crippen LogP contribution in [0.3, 0.4) is 0 Å². The van der Waals surface area contributed by atoms with E-state index in [1.54, 1.807) is 11.8 Å². The van der Waals surface area contributed by atoms with E-state index in [4.69, 9.17) is 10.5 Å². The summed E-state index contributed by atoms with van der Waals surface area (Å²) < 4.78 is 4.76. The first-order valence-electron chi connectivity index (χ1n) is 6.94. The number of rotatable bonds is 8. The van der Waals surface area contributed by atoms with Crippen LogP contribution in [0.4, 0.5) is 10.7 Å². The van der Waals surface area contributed by atoms with Gasteiger partial charge in [-0.1, -0.05) is 6.92 Å². The third kappa shape index (κ3) is 4.52. The molecule has 1 rings (SSSR count). The molecule has 1 aromatic heterocycles. The van der Waals surface area contributed by atoms with Crippen molar-refractivity contribution < 1.29 is 9.53 Å². The number of methoxy groups -OCH3 is 1. The van der Waals surface area contributed by atoms with Crippen molar-refractivity contribution in [3.05, 3.63) is 4.88 Å². The highest BCUT2D eigenvalue weighted by molar-refractivity contribution is 7.99. The maximum Gasteiger partial charge on any atom is 0.350 e. The lowest BCUT2D eigenvalue weighted by Gasteiger charge is -2.23. The number of ether oxygens (including phenoxy) is 1. The second-order valence-electron chi connectivity index (χ2n) is 4.86. The molecule has 1 atom stereocenters. The van der Waals surface area contributed by atoms with Gasteiger partial charge in [0.15, 0.2) is 0 Å². The molecule has 120 valence electrons. The fourth-order valence-corrected chi connectivity index (χ4v) is 3.85. The van der Waals surface area contributed by atoms with Crippen molar-refractivity contribution in [3.63, 3.8) is 0 Å². The molecule has 3 N–H and O–H groups in total. The summed E-state index contributed by atoms with van der Waals surface area (Å²) in [5, 5.41) is 4.33. The minimum Gasteiger partial charge on any atom is -0.465 e. The van der Waals surface area contributed by atoms with Crippen molar-refractivity contribution in [1.82, 2.24) is 4.90 Å². The minimum atomic E-state index is -0.377. The summed E-state index contributed by atoms with van der Waals surface area (Å²) in [6, 6.07) is 0.561. The van der Waals surface area contributed by atoms with Crippen LogP contribution < -0.4 is 11.1 Å². The van der Waals surface area contributed by atoms with Gasteiger partial charge >= 0.3 is 5.97 Å². The van der Waals surface area contributed by atoms with E-state index in [0.717, 1.165) is 29.4 Å². The molecule has 0 saturated heterocycles. The van der Waals surface area contributed by atoms with Gasteiger partial charge in [-0.15, -0.1) is 23.1 Å². The molecule has 0 radical (unpaired) electrons. The van der Waals surface area contributed by atoms with Crippen LogP contribution in [0.5, 0.6) is 0 Å². The van der Waals surface area contributed by atoms with Gasteiger partial charge in [0.2, 0.25) is 0 Å². The lowest BCUT2D eigenvalue weighted by molar-refractivity contribution is 0.0607. The fourth-order valence-electron chi connectivity index (χ4n) is 1.87. The van der Waals surface area contributed by atoms with Gasteiger partial charge in [0, 0.05) is 19.1 Å². The molecule has 0 bridgehead atoms. The zero-order valence-electron chi connectivity index (χ0n) is 13.4. The van der Waals surface area contributed by atoms with Crippen molar-refractivity contribution in [2.75, 3.05) is 44.6 Å². The number of carbonyl (C=O) groups is 1. The molecular weight excluding hydrogens is 306 g/mol. The van der Waals surface area contributed by atoms with Crippen molar-refractivity contribution in [2.45, 2.75) is 31.2 Å². The summed E-state index contributed by atoms with van der Waals surface area (Å²) in [5.41, 5.74) is 6.54. The number of likely N-dealkylation sites (N-methyl/N-ethyl adjacent to an activating group) is 1. The number of nitrogens with one attached hydrogen (secondary N) is 1. The van der Waals surface area contributed by atoms with E-state index in [2.05, 4.69) is 31.1 Å². The highest BCUT2D eigenvalue weighted by Crippen LogP contribution is 2.41. The van der Waals surface area contributed by atoms with Crippen LogP contribution in [0.2, 0.25) is 0 Å². The van der Waals surface area contributed by atoms with Crippen molar-refractivity contribution in [1.29, 1.82) is 0 Å². The van der Waals surface area contributed by atoms with E-state index in [1.165, 1.54) is 18.4 Å².